The van der Waals surface area contributed by atoms with Crippen molar-refractivity contribution in [1.82, 2.24) is 5.32 Å². The third-order valence-corrected chi connectivity index (χ3v) is 4.60. The molecule has 0 aromatic carbocycles. The molecule has 0 aliphatic carbocycles. The number of hydrogen-bond acceptors (Lipinski definition) is 4. The summed E-state index contributed by atoms with van der Waals surface area (Å²) < 4.78 is 22.0. The number of hydrogen-bond donors (Lipinski definition) is 1. The predicted molar refractivity (Wildman–Crippen MR) is 61.3 cm³/mol. The third kappa shape index (κ3) is 5.75. The van der Waals surface area contributed by atoms with Crippen LogP contribution in [0.25, 0.3) is 0 Å². The van der Waals surface area contributed by atoms with Gasteiger partial charge in [0.05, 0.1) is 10.8 Å². The summed E-state index contributed by atoms with van der Waals surface area (Å²) in [5.74, 6) is 0. The fraction of sp³-hybridized carbons (Fsp3) is 0.900. The predicted octanol–water partition coefficient (Wildman–Crippen LogP) is 1.09. The lowest BCUT2D eigenvalue weighted by Gasteiger charge is -2.22. The van der Waals surface area contributed by atoms with Gasteiger partial charge in [-0.3, -0.25) is 0 Å². The van der Waals surface area contributed by atoms with Gasteiger partial charge in [-0.05, 0) is 33.2 Å². The average molecular weight is 232 g/mol. The maximum Gasteiger partial charge on any atom is 0.153 e. The van der Waals surface area contributed by atoms with E-state index in [1.54, 1.807) is 13.8 Å². The average Bonchev–Trinajstić information content (AvgIpc) is 2.09. The molecular formula is C10H20N2O2S. The summed E-state index contributed by atoms with van der Waals surface area (Å²) in [4.78, 5) is 0. The van der Waals surface area contributed by atoms with Gasteiger partial charge in [-0.25, -0.2) is 8.42 Å². The fourth-order valence-corrected chi connectivity index (χ4v) is 1.34. The van der Waals surface area contributed by atoms with Crippen LogP contribution in [0.5, 0.6) is 0 Å². The van der Waals surface area contributed by atoms with Crippen molar-refractivity contribution in [2.75, 3.05) is 19.3 Å². The minimum absolute atomic E-state index is 0.457. The van der Waals surface area contributed by atoms with Crippen LogP contribution in [0, 0.1) is 11.3 Å². The van der Waals surface area contributed by atoms with Crippen molar-refractivity contribution in [2.24, 2.45) is 0 Å². The fourth-order valence-electron chi connectivity index (χ4n) is 0.975. The van der Waals surface area contributed by atoms with E-state index in [9.17, 15) is 8.42 Å². The second-order valence-corrected chi connectivity index (χ2v) is 6.97. The Morgan fingerprint density at radius 3 is 2.40 bits per heavy atom. The minimum atomic E-state index is -3.01. The van der Waals surface area contributed by atoms with Gasteiger partial charge < -0.3 is 5.32 Å². The molecule has 5 heteroatoms. The Labute approximate surface area is 92.6 Å². The Balaban J connectivity index is 3.74. The summed E-state index contributed by atoms with van der Waals surface area (Å²) in [6.45, 7) is 4.65. The molecule has 0 rings (SSSR count). The number of sulfone groups is 1. The van der Waals surface area contributed by atoms with Crippen molar-refractivity contribution in [1.29, 1.82) is 5.26 Å². The van der Waals surface area contributed by atoms with Crippen molar-refractivity contribution in [3.8, 4) is 6.07 Å². The molecular weight excluding hydrogens is 212 g/mol. The summed E-state index contributed by atoms with van der Waals surface area (Å²) in [7, 11) is -3.01. The lowest BCUT2D eigenvalue weighted by atomic mass is 10.2. The molecule has 0 saturated heterocycles. The molecule has 1 N–H and O–H groups in total. The molecule has 0 spiro atoms. The Morgan fingerprint density at radius 1 is 1.33 bits per heavy atom. The molecule has 0 aromatic rings. The minimum Gasteiger partial charge on any atom is -0.315 e. The SMILES string of the molecule is CC(C)(CNCCCCC#N)S(C)(=O)=O. The molecule has 0 heterocycles. The molecule has 15 heavy (non-hydrogen) atoms. The van der Waals surface area contributed by atoms with Gasteiger partial charge in [0.2, 0.25) is 0 Å². The number of nitriles is 1. The van der Waals surface area contributed by atoms with Crippen LogP contribution in [-0.2, 0) is 9.84 Å². The van der Waals surface area contributed by atoms with E-state index in [4.69, 9.17) is 5.26 Å². The number of unbranched alkanes of at least 4 members (excludes halogenated alkanes) is 2. The van der Waals surface area contributed by atoms with Crippen LogP contribution < -0.4 is 5.32 Å². The molecule has 0 bridgehead atoms. The van der Waals surface area contributed by atoms with E-state index in [0.29, 0.717) is 13.0 Å². The van der Waals surface area contributed by atoms with Crippen molar-refractivity contribution < 1.29 is 8.42 Å². The van der Waals surface area contributed by atoms with Crippen molar-refractivity contribution >= 4 is 9.84 Å². The molecule has 0 saturated carbocycles. The highest BCUT2D eigenvalue weighted by atomic mass is 32.2. The van der Waals surface area contributed by atoms with Crippen LogP contribution in [0.4, 0.5) is 0 Å². The van der Waals surface area contributed by atoms with Gasteiger partial charge in [0, 0.05) is 19.2 Å². The monoisotopic (exact) mass is 232 g/mol. The van der Waals surface area contributed by atoms with E-state index >= 15 is 0 Å². The molecule has 0 aromatic heterocycles. The maximum atomic E-state index is 11.3. The first-order valence-corrected chi connectivity index (χ1v) is 6.97. The number of nitrogens with one attached hydrogen (secondary N) is 1. The highest BCUT2D eigenvalue weighted by Gasteiger charge is 2.29. The molecule has 88 valence electrons. The van der Waals surface area contributed by atoms with Crippen LogP contribution in [-0.4, -0.2) is 32.5 Å². The summed E-state index contributed by atoms with van der Waals surface area (Å²) >= 11 is 0. The second-order valence-electron chi connectivity index (χ2n) is 4.32. The van der Waals surface area contributed by atoms with E-state index in [1.165, 1.54) is 6.26 Å². The summed E-state index contributed by atoms with van der Waals surface area (Å²) in [6, 6.07) is 2.08. The van der Waals surface area contributed by atoms with Crippen LogP contribution in [0.15, 0.2) is 0 Å². The van der Waals surface area contributed by atoms with Crippen molar-refractivity contribution in [3.63, 3.8) is 0 Å². The first-order valence-electron chi connectivity index (χ1n) is 5.08. The third-order valence-electron chi connectivity index (χ3n) is 2.45. The molecule has 0 radical (unpaired) electrons. The first-order chi connectivity index (χ1) is 6.81. The first kappa shape index (κ1) is 14.4. The second kappa shape index (κ2) is 6.09. The highest BCUT2D eigenvalue weighted by molar-refractivity contribution is 7.92. The van der Waals surface area contributed by atoms with E-state index in [2.05, 4.69) is 11.4 Å². The van der Waals surface area contributed by atoms with E-state index in [0.717, 1.165) is 19.4 Å². The van der Waals surface area contributed by atoms with E-state index in [1.807, 2.05) is 0 Å². The topological polar surface area (TPSA) is 70.0 Å². The normalized spacial score (nSPS) is 12.4. The van der Waals surface area contributed by atoms with Gasteiger partial charge in [0.25, 0.3) is 0 Å². The van der Waals surface area contributed by atoms with Crippen LogP contribution in [0.3, 0.4) is 0 Å². The number of nitrogens with zero attached hydrogens (tertiary/aromatic N) is 1. The van der Waals surface area contributed by atoms with Crippen molar-refractivity contribution in [3.05, 3.63) is 0 Å². The van der Waals surface area contributed by atoms with Gasteiger partial charge in [0.15, 0.2) is 9.84 Å². The Bertz CT molecular complexity index is 315. The molecule has 0 amide bonds. The molecule has 0 aliphatic heterocycles. The van der Waals surface area contributed by atoms with Crippen LogP contribution in [0.1, 0.15) is 33.1 Å². The quantitative estimate of drug-likeness (QED) is 0.667. The Kier molecular flexibility index (Phi) is 5.84. The van der Waals surface area contributed by atoms with E-state index < -0.39 is 14.6 Å². The van der Waals surface area contributed by atoms with Crippen LogP contribution >= 0.6 is 0 Å². The zero-order chi connectivity index (χ0) is 11.9. The molecule has 0 atom stereocenters. The Morgan fingerprint density at radius 2 is 1.93 bits per heavy atom. The van der Waals surface area contributed by atoms with Gasteiger partial charge in [0.1, 0.15) is 0 Å². The lowest BCUT2D eigenvalue weighted by molar-refractivity contribution is 0.515. The zero-order valence-electron chi connectivity index (χ0n) is 9.71. The van der Waals surface area contributed by atoms with Crippen LogP contribution in [0.2, 0.25) is 0 Å². The molecule has 0 fully saturated rings. The Hall–Kier alpha value is -0.600. The number of rotatable bonds is 7. The maximum absolute atomic E-state index is 11.3. The van der Waals surface area contributed by atoms with Crippen molar-refractivity contribution in [2.45, 2.75) is 37.9 Å². The van der Waals surface area contributed by atoms with Gasteiger partial charge >= 0.3 is 0 Å². The lowest BCUT2D eigenvalue weighted by Crippen LogP contribution is -2.41. The largest absolute Gasteiger partial charge is 0.315 e. The summed E-state index contributed by atoms with van der Waals surface area (Å²) in [5.41, 5.74) is 0. The smallest absolute Gasteiger partial charge is 0.153 e. The molecule has 0 aliphatic rings. The van der Waals surface area contributed by atoms with E-state index in [-0.39, 0.29) is 0 Å². The van der Waals surface area contributed by atoms with Gasteiger partial charge in [-0.15, -0.1) is 0 Å². The highest BCUT2D eigenvalue weighted by Crippen LogP contribution is 2.13. The zero-order valence-corrected chi connectivity index (χ0v) is 10.5. The summed E-state index contributed by atoms with van der Waals surface area (Å²) in [6.07, 6.45) is 3.59. The van der Waals surface area contributed by atoms with Gasteiger partial charge in [-0.2, -0.15) is 5.26 Å². The molecule has 4 nitrogen and oxygen atoms in total. The van der Waals surface area contributed by atoms with Gasteiger partial charge in [-0.1, -0.05) is 0 Å². The summed E-state index contributed by atoms with van der Waals surface area (Å²) in [5, 5.41) is 11.4. The standard InChI is InChI=1S/C10H20N2O2S/c1-10(2,15(3,13)14)9-12-8-6-4-5-7-11/h12H,4-6,8-9H2,1-3H3. The molecule has 0 unspecified atom stereocenters.